The first-order valence-electron chi connectivity index (χ1n) is 15.5. The molecule has 2 aliphatic rings. The number of carbonyl (C=O) groups excluding carboxylic acids is 2. The van der Waals surface area contributed by atoms with Crippen molar-refractivity contribution < 1.29 is 22.8 Å². The molecule has 0 spiro atoms. The first kappa shape index (κ1) is 32.7. The van der Waals surface area contributed by atoms with Crippen LogP contribution in [0.5, 0.6) is 0 Å². The molecule has 43 heavy (non-hydrogen) atoms. The summed E-state index contributed by atoms with van der Waals surface area (Å²) >= 11 is 0. The van der Waals surface area contributed by atoms with Crippen LogP contribution in [-0.4, -0.2) is 71.4 Å². The van der Waals surface area contributed by atoms with Crippen molar-refractivity contribution >= 4 is 23.5 Å². The number of benzene rings is 1. The van der Waals surface area contributed by atoms with E-state index < -0.39 is 11.7 Å². The zero-order chi connectivity index (χ0) is 31.1. The zero-order valence-electron chi connectivity index (χ0n) is 25.7. The Kier molecular flexibility index (Phi) is 11.0. The van der Waals surface area contributed by atoms with E-state index in [1.54, 1.807) is 29.2 Å². The monoisotopic (exact) mass is 602 g/mol. The topological polar surface area (TPSA) is 90.5 Å². The van der Waals surface area contributed by atoms with Gasteiger partial charge in [-0.05, 0) is 88.3 Å². The number of hydrogen-bond donors (Lipinski definition) is 2. The van der Waals surface area contributed by atoms with Gasteiger partial charge in [0, 0.05) is 43.0 Å². The maximum Gasteiger partial charge on any atom is 0.419 e. The van der Waals surface area contributed by atoms with Gasteiger partial charge in [0.1, 0.15) is 0 Å². The molecule has 1 aromatic carbocycles. The number of hydrogen-bond acceptors (Lipinski definition) is 6. The first-order chi connectivity index (χ1) is 20.5. The predicted molar refractivity (Wildman–Crippen MR) is 161 cm³/mol. The fourth-order valence-corrected chi connectivity index (χ4v) is 6.27. The Bertz CT molecular complexity index is 1230. The smallest absolute Gasteiger partial charge is 0.356 e. The van der Waals surface area contributed by atoms with Crippen molar-refractivity contribution in [3.05, 3.63) is 47.3 Å². The van der Waals surface area contributed by atoms with E-state index in [0.29, 0.717) is 36.6 Å². The standard InChI is InChI=1S/C32H45F3N6O2/c1-5-21(6-2)19-36-29(42)26-9-7-8-23(26)18-28-27(32(33,34)35)20-37-31(39-28)38-24-12-10-22(11-13-24)30(43)41(4)25-14-16-40(3)17-15-25/h10-13,20-21,23,25-26H,5-9,14-19H2,1-4H3,(H,36,42)(H,37,38,39)/t23-,26-/m0/s1. The van der Waals surface area contributed by atoms with Crippen LogP contribution in [0.4, 0.5) is 24.8 Å². The maximum absolute atomic E-state index is 13.9. The molecule has 0 radical (unpaired) electrons. The van der Waals surface area contributed by atoms with Crippen LogP contribution >= 0.6 is 0 Å². The summed E-state index contributed by atoms with van der Waals surface area (Å²) in [4.78, 5) is 38.3. The van der Waals surface area contributed by atoms with Gasteiger partial charge in [0.2, 0.25) is 11.9 Å². The molecule has 1 aliphatic carbocycles. The summed E-state index contributed by atoms with van der Waals surface area (Å²) in [5.74, 6) is -0.269. The fraction of sp³-hybridized carbons (Fsp3) is 0.625. The number of carbonyl (C=O) groups is 2. The number of nitrogens with zero attached hydrogens (tertiary/aromatic N) is 4. The van der Waals surface area contributed by atoms with E-state index in [4.69, 9.17) is 0 Å². The number of anilines is 2. The third-order valence-corrected chi connectivity index (χ3v) is 9.29. The van der Waals surface area contributed by atoms with Crippen LogP contribution in [-0.2, 0) is 17.4 Å². The number of amides is 2. The van der Waals surface area contributed by atoms with Crippen LogP contribution in [0.3, 0.4) is 0 Å². The van der Waals surface area contributed by atoms with Crippen molar-refractivity contribution in [1.29, 1.82) is 0 Å². The molecular weight excluding hydrogens is 557 g/mol. The molecule has 2 atom stereocenters. The number of nitrogens with one attached hydrogen (secondary N) is 2. The van der Waals surface area contributed by atoms with Crippen LogP contribution in [0.2, 0.25) is 0 Å². The van der Waals surface area contributed by atoms with Gasteiger partial charge in [-0.2, -0.15) is 13.2 Å². The molecule has 11 heteroatoms. The first-order valence-corrected chi connectivity index (χ1v) is 15.5. The molecule has 1 saturated carbocycles. The Hall–Kier alpha value is -3.21. The van der Waals surface area contributed by atoms with Gasteiger partial charge in [-0.15, -0.1) is 0 Å². The summed E-state index contributed by atoms with van der Waals surface area (Å²) in [5, 5.41) is 6.03. The van der Waals surface area contributed by atoms with Crippen LogP contribution in [0.25, 0.3) is 0 Å². The molecule has 2 heterocycles. The molecule has 8 nitrogen and oxygen atoms in total. The van der Waals surface area contributed by atoms with E-state index in [9.17, 15) is 22.8 Å². The van der Waals surface area contributed by atoms with Gasteiger partial charge in [0.15, 0.2) is 0 Å². The van der Waals surface area contributed by atoms with Gasteiger partial charge in [-0.3, -0.25) is 9.59 Å². The van der Waals surface area contributed by atoms with Crippen molar-refractivity contribution in [2.45, 2.75) is 77.4 Å². The lowest BCUT2D eigenvalue weighted by Crippen LogP contribution is -2.44. The number of likely N-dealkylation sites (tertiary alicyclic amines) is 1. The minimum atomic E-state index is -4.61. The predicted octanol–water partition coefficient (Wildman–Crippen LogP) is 5.92. The van der Waals surface area contributed by atoms with Crippen LogP contribution in [0.15, 0.2) is 30.5 Å². The van der Waals surface area contributed by atoms with Crippen LogP contribution in [0.1, 0.15) is 80.4 Å². The second-order valence-electron chi connectivity index (χ2n) is 12.1. The van der Waals surface area contributed by atoms with E-state index >= 15 is 0 Å². The quantitative estimate of drug-likeness (QED) is 0.332. The van der Waals surface area contributed by atoms with E-state index in [2.05, 4.69) is 46.4 Å². The molecule has 2 fully saturated rings. The Balaban J connectivity index is 1.44. The number of alkyl halides is 3. The van der Waals surface area contributed by atoms with Gasteiger partial charge in [-0.25, -0.2) is 9.97 Å². The fourth-order valence-electron chi connectivity index (χ4n) is 6.27. The summed E-state index contributed by atoms with van der Waals surface area (Å²) in [6.07, 6.45) is 2.17. The molecule has 2 aromatic rings. The number of rotatable bonds is 11. The van der Waals surface area contributed by atoms with Crippen molar-refractivity contribution in [3.8, 4) is 0 Å². The van der Waals surface area contributed by atoms with Gasteiger partial charge in [-0.1, -0.05) is 33.1 Å². The summed E-state index contributed by atoms with van der Waals surface area (Å²) in [7, 11) is 3.90. The molecule has 2 amide bonds. The van der Waals surface area contributed by atoms with E-state index in [1.807, 2.05) is 7.05 Å². The number of piperidine rings is 1. The molecule has 1 aromatic heterocycles. The lowest BCUT2D eigenvalue weighted by molar-refractivity contribution is -0.138. The molecule has 236 valence electrons. The van der Waals surface area contributed by atoms with Crippen LogP contribution < -0.4 is 10.6 Å². The molecule has 1 saturated heterocycles. The van der Waals surface area contributed by atoms with Crippen molar-refractivity contribution in [2.24, 2.45) is 17.8 Å². The Labute approximate surface area is 252 Å². The summed E-state index contributed by atoms with van der Waals surface area (Å²) < 4.78 is 41.8. The van der Waals surface area contributed by atoms with Crippen molar-refractivity contribution in [1.82, 2.24) is 25.1 Å². The van der Waals surface area contributed by atoms with Crippen molar-refractivity contribution in [2.75, 3.05) is 39.0 Å². The molecule has 0 bridgehead atoms. The Morgan fingerprint density at radius 2 is 1.74 bits per heavy atom. The van der Waals surface area contributed by atoms with E-state index in [1.165, 1.54) is 0 Å². The molecule has 4 rings (SSSR count). The molecule has 0 unspecified atom stereocenters. The van der Waals surface area contributed by atoms with Gasteiger partial charge in [0.25, 0.3) is 5.91 Å². The van der Waals surface area contributed by atoms with Gasteiger partial charge < -0.3 is 20.4 Å². The number of aromatic nitrogens is 2. The van der Waals surface area contributed by atoms with E-state index in [-0.39, 0.29) is 47.8 Å². The molecular formula is C32H45F3N6O2. The largest absolute Gasteiger partial charge is 0.419 e. The van der Waals surface area contributed by atoms with E-state index in [0.717, 1.165) is 51.4 Å². The highest BCUT2D eigenvalue weighted by molar-refractivity contribution is 5.94. The highest BCUT2D eigenvalue weighted by Gasteiger charge is 2.39. The highest BCUT2D eigenvalue weighted by Crippen LogP contribution is 2.38. The third kappa shape index (κ3) is 8.46. The Morgan fingerprint density at radius 3 is 2.37 bits per heavy atom. The highest BCUT2D eigenvalue weighted by atomic mass is 19.4. The summed E-state index contributed by atoms with van der Waals surface area (Å²) in [5.41, 5.74) is 0.111. The lowest BCUT2D eigenvalue weighted by Gasteiger charge is -2.35. The lowest BCUT2D eigenvalue weighted by atomic mass is 9.89. The maximum atomic E-state index is 13.9. The SMILES string of the molecule is CCC(CC)CNC(=O)[C@H]1CCC[C@H]1Cc1nc(Nc2ccc(C(=O)N(C)C3CCN(C)CC3)cc2)ncc1C(F)(F)F. The zero-order valence-corrected chi connectivity index (χ0v) is 25.7. The Morgan fingerprint density at radius 1 is 1.07 bits per heavy atom. The summed E-state index contributed by atoms with van der Waals surface area (Å²) in [6.45, 7) is 6.66. The van der Waals surface area contributed by atoms with Gasteiger partial charge in [0.05, 0.1) is 11.3 Å². The van der Waals surface area contributed by atoms with Gasteiger partial charge >= 0.3 is 6.18 Å². The second kappa shape index (κ2) is 14.5. The second-order valence-corrected chi connectivity index (χ2v) is 12.1. The minimum absolute atomic E-state index is 0.0400. The van der Waals surface area contributed by atoms with Crippen LogP contribution in [0, 0.1) is 17.8 Å². The molecule has 1 aliphatic heterocycles. The average Bonchev–Trinajstić information content (AvgIpc) is 3.45. The van der Waals surface area contributed by atoms with Crippen molar-refractivity contribution in [3.63, 3.8) is 0 Å². The normalized spacial score (nSPS) is 19.9. The molecule has 2 N–H and O–H groups in total. The number of halogens is 3. The minimum Gasteiger partial charge on any atom is -0.356 e. The third-order valence-electron chi connectivity index (χ3n) is 9.29. The summed E-state index contributed by atoms with van der Waals surface area (Å²) in [6, 6.07) is 6.99. The average molecular weight is 603 g/mol.